The van der Waals surface area contributed by atoms with Crippen LogP contribution in [-0.2, 0) is 76.1 Å². The monoisotopic (exact) mass is 1020 g/mol. The quantitative estimate of drug-likeness (QED) is 0.0347. The molecular weight excluding hydrogens is 960 g/mol. The lowest BCUT2D eigenvalue weighted by Crippen LogP contribution is -2.66. The van der Waals surface area contributed by atoms with E-state index in [4.69, 9.17) is 52.1 Å². The summed E-state index contributed by atoms with van der Waals surface area (Å²) in [6.07, 6.45) is -33.1. The van der Waals surface area contributed by atoms with Crippen molar-refractivity contribution in [2.24, 2.45) is 0 Å². The van der Waals surface area contributed by atoms with Gasteiger partial charge in [0.1, 0.15) is 67.1 Å². The van der Waals surface area contributed by atoms with Crippen LogP contribution >= 0.6 is 0 Å². The maximum Gasteiger partial charge on any atom is 0.333 e. The van der Waals surface area contributed by atoms with Crippen molar-refractivity contribution in [3.05, 3.63) is 60.8 Å². The summed E-state index contributed by atoms with van der Waals surface area (Å²) in [6, 6.07) is 0. The predicted octanol–water partition coefficient (Wildman–Crippen LogP) is -5.16. The van der Waals surface area contributed by atoms with Gasteiger partial charge in [-0.15, -0.1) is 0 Å². The van der Waals surface area contributed by atoms with Gasteiger partial charge >= 0.3 is 29.8 Å². The number of hydrogen-bond donors (Lipinski definition) is 11. The highest BCUT2D eigenvalue weighted by atomic mass is 16.8. The third-order valence-corrected chi connectivity index (χ3v) is 10.8. The van der Waals surface area contributed by atoms with Crippen molar-refractivity contribution >= 4 is 29.8 Å². The predicted molar refractivity (Wildman–Crippen MR) is 231 cm³/mol. The van der Waals surface area contributed by atoms with Crippen LogP contribution in [0.15, 0.2) is 60.8 Å². The zero-order valence-corrected chi connectivity index (χ0v) is 39.4. The molecule has 4 saturated heterocycles. The number of esters is 5. The van der Waals surface area contributed by atoms with Crippen LogP contribution in [0.2, 0.25) is 0 Å². The van der Waals surface area contributed by atoms with Crippen molar-refractivity contribution in [1.29, 1.82) is 0 Å². The van der Waals surface area contributed by atoms with Gasteiger partial charge in [0.15, 0.2) is 55.7 Å². The van der Waals surface area contributed by atoms with Gasteiger partial charge in [-0.1, -0.05) is 32.9 Å². The number of rotatable bonds is 18. The van der Waals surface area contributed by atoms with Crippen molar-refractivity contribution in [2.45, 2.75) is 157 Å². The second-order valence-corrected chi connectivity index (χ2v) is 16.9. The molecule has 4 rings (SSSR count). The van der Waals surface area contributed by atoms with E-state index in [-0.39, 0.29) is 27.9 Å². The molecule has 4 aliphatic rings. The fourth-order valence-corrected chi connectivity index (χ4v) is 6.84. The minimum absolute atomic E-state index is 0.0368. The first kappa shape index (κ1) is 60.7. The van der Waals surface area contributed by atoms with Gasteiger partial charge < -0.3 is 108 Å². The standard InChI is InChI=1S/C24H34O14.C20H30O13/c1-9(2)20(29)35-17-14(27)12(7-25)34-24(19(17)37-22(31)11(5)6)38-16-13(8-26)33-23(32)15(28)18(16)36-21(30)10(3)4;1-7(2)17(26)31-15-11(23)9(5-21)30-20(16(15)32-18(27)8(3)4)33-14-10(6-22)29-19(28)13(25)12(14)24/h12-19,23-28,32H,1,3,5,7-8H2,2,4,6H3;9-16,19-25,28H,1,3,5-6H2,2,4H3/t12-,13-,14-,15-,16-,17+,18-,19-,23-,24-;9-,10-,11-,12-,13-,14-,15+,16-,19-,20-/m11/s1. The largest absolute Gasteiger partial charge is 0.453 e. The molecule has 4 aliphatic heterocycles. The fraction of sp³-hybridized carbons (Fsp3) is 0.659. The Hall–Kier alpha value is -4.63. The van der Waals surface area contributed by atoms with Gasteiger partial charge in [-0.3, -0.25) is 0 Å². The van der Waals surface area contributed by atoms with Crippen molar-refractivity contribution < 1.29 is 132 Å². The SMILES string of the molecule is C=C(C)C(=O)O[C@@H]1[C@@H](O)[C@H](O)O[C@H](CO)[C@H]1O[C@H]1O[C@H](CO)[C@@H](O)[C@H](OC(=O)C(=C)C)[C@H]1OC(=O)C(=C)C.C=C(C)C(=O)O[C@H]1[C@@H](O[C@H]2[C@H](O)[C@@H](O)[C@H](O)O[C@@H]2CO)O[C@H](CO)[C@@H](O)[C@@H]1OC(=O)C(=C)C. The van der Waals surface area contributed by atoms with E-state index in [0.29, 0.717) is 0 Å². The maximum atomic E-state index is 12.4. The highest BCUT2D eigenvalue weighted by Crippen LogP contribution is 2.35. The van der Waals surface area contributed by atoms with E-state index < -0.39 is 179 Å². The summed E-state index contributed by atoms with van der Waals surface area (Å²) >= 11 is 0. The molecule has 0 radical (unpaired) electrons. The van der Waals surface area contributed by atoms with Crippen molar-refractivity contribution in [1.82, 2.24) is 0 Å². The molecule has 0 aliphatic carbocycles. The van der Waals surface area contributed by atoms with E-state index in [1.54, 1.807) is 0 Å². The van der Waals surface area contributed by atoms with Gasteiger partial charge in [0.2, 0.25) is 0 Å². The Kier molecular flexibility index (Phi) is 23.0. The molecule has 4 fully saturated rings. The minimum atomic E-state index is -1.89. The van der Waals surface area contributed by atoms with E-state index in [2.05, 4.69) is 32.9 Å². The molecule has 402 valence electrons. The lowest BCUT2D eigenvalue weighted by molar-refractivity contribution is -0.356. The van der Waals surface area contributed by atoms with E-state index in [1.165, 1.54) is 34.6 Å². The third-order valence-electron chi connectivity index (χ3n) is 10.8. The molecule has 0 spiro atoms. The maximum absolute atomic E-state index is 12.4. The number of aliphatic hydroxyl groups excluding tert-OH is 11. The smallest absolute Gasteiger partial charge is 0.333 e. The molecule has 0 bridgehead atoms. The van der Waals surface area contributed by atoms with E-state index in [9.17, 15) is 80.1 Å². The Balaban J connectivity index is 0.000000379. The topological polar surface area (TPSA) is 409 Å². The number of carbonyl (C=O) groups is 5. The lowest BCUT2D eigenvalue weighted by Gasteiger charge is -2.47. The van der Waals surface area contributed by atoms with Crippen LogP contribution in [-0.4, -0.2) is 235 Å². The van der Waals surface area contributed by atoms with Crippen molar-refractivity contribution in [3.63, 3.8) is 0 Å². The van der Waals surface area contributed by atoms with Crippen LogP contribution in [0.4, 0.5) is 0 Å². The summed E-state index contributed by atoms with van der Waals surface area (Å²) in [5.74, 6) is -4.83. The lowest BCUT2D eigenvalue weighted by atomic mass is 9.96. The van der Waals surface area contributed by atoms with Crippen LogP contribution < -0.4 is 0 Å². The number of aliphatic hydroxyl groups is 11. The van der Waals surface area contributed by atoms with Crippen LogP contribution in [0, 0.1) is 0 Å². The third kappa shape index (κ3) is 15.2. The Morgan fingerprint density at radius 3 is 0.930 bits per heavy atom. The minimum Gasteiger partial charge on any atom is -0.453 e. The molecule has 0 aromatic heterocycles. The molecule has 0 saturated carbocycles. The van der Waals surface area contributed by atoms with Crippen LogP contribution in [0.25, 0.3) is 0 Å². The van der Waals surface area contributed by atoms with Gasteiger partial charge in [-0.05, 0) is 34.6 Å². The molecule has 0 aromatic rings. The van der Waals surface area contributed by atoms with E-state index in [1.807, 2.05) is 0 Å². The molecule has 0 amide bonds. The first-order valence-corrected chi connectivity index (χ1v) is 21.6. The van der Waals surface area contributed by atoms with Gasteiger partial charge in [0.25, 0.3) is 0 Å². The van der Waals surface area contributed by atoms with Crippen LogP contribution in [0.5, 0.6) is 0 Å². The van der Waals surface area contributed by atoms with Gasteiger partial charge in [0, 0.05) is 27.9 Å². The highest BCUT2D eigenvalue weighted by Gasteiger charge is 2.56. The molecule has 0 aromatic carbocycles. The zero-order chi connectivity index (χ0) is 53.9. The number of ether oxygens (including phenoxy) is 11. The van der Waals surface area contributed by atoms with Crippen LogP contribution in [0.1, 0.15) is 34.6 Å². The molecule has 27 heteroatoms. The number of carbonyl (C=O) groups excluding carboxylic acids is 5. The molecule has 71 heavy (non-hydrogen) atoms. The van der Waals surface area contributed by atoms with Gasteiger partial charge in [-0.2, -0.15) is 0 Å². The molecular formula is C44H64O27. The summed E-state index contributed by atoms with van der Waals surface area (Å²) in [6.45, 7) is 20.8. The summed E-state index contributed by atoms with van der Waals surface area (Å²) in [7, 11) is 0. The Labute approximate surface area is 406 Å². The summed E-state index contributed by atoms with van der Waals surface area (Å²) in [5, 5.41) is 111. The summed E-state index contributed by atoms with van der Waals surface area (Å²) in [5.41, 5.74) is -0.282. The molecule has 11 N–H and O–H groups in total. The Morgan fingerprint density at radius 1 is 0.352 bits per heavy atom. The molecule has 20 atom stereocenters. The molecule has 27 nitrogen and oxygen atoms in total. The first-order chi connectivity index (χ1) is 33.1. The average molecular weight is 1020 g/mol. The van der Waals surface area contributed by atoms with Crippen molar-refractivity contribution in [2.75, 3.05) is 26.4 Å². The summed E-state index contributed by atoms with van der Waals surface area (Å²) < 4.78 is 59.2. The average Bonchev–Trinajstić information content (AvgIpc) is 3.31. The zero-order valence-electron chi connectivity index (χ0n) is 39.4. The normalized spacial score (nSPS) is 36.8. The van der Waals surface area contributed by atoms with E-state index >= 15 is 0 Å². The Bertz CT molecular complexity index is 1940. The molecule has 0 unspecified atom stereocenters. The highest BCUT2D eigenvalue weighted by molar-refractivity contribution is 5.89. The second kappa shape index (κ2) is 26.9. The Morgan fingerprint density at radius 2 is 0.620 bits per heavy atom. The van der Waals surface area contributed by atoms with E-state index in [0.717, 1.165) is 0 Å². The summed E-state index contributed by atoms with van der Waals surface area (Å²) in [4.78, 5) is 61.4. The molecule has 4 heterocycles. The fourth-order valence-electron chi connectivity index (χ4n) is 6.84. The first-order valence-electron chi connectivity index (χ1n) is 21.6. The second-order valence-electron chi connectivity index (χ2n) is 16.9. The van der Waals surface area contributed by atoms with Gasteiger partial charge in [-0.25, -0.2) is 24.0 Å². The number of hydrogen-bond acceptors (Lipinski definition) is 27. The van der Waals surface area contributed by atoms with Crippen molar-refractivity contribution in [3.8, 4) is 0 Å². The van der Waals surface area contributed by atoms with Crippen LogP contribution in [0.3, 0.4) is 0 Å². The van der Waals surface area contributed by atoms with Gasteiger partial charge in [0.05, 0.1) is 26.4 Å².